The molecule has 1 aliphatic rings. The summed E-state index contributed by atoms with van der Waals surface area (Å²) in [5, 5.41) is 13.8. The first-order valence-corrected chi connectivity index (χ1v) is 6.79. The Hall–Kier alpha value is -2.36. The smallest absolute Gasteiger partial charge is 0.354 e. The maximum Gasteiger partial charge on any atom is 0.354 e. The first-order valence-electron chi connectivity index (χ1n) is 6.79. The lowest BCUT2D eigenvalue weighted by atomic mass is 10.2. The van der Waals surface area contributed by atoms with Gasteiger partial charge < -0.3 is 5.11 Å². The maximum absolute atomic E-state index is 11.4. The Balaban J connectivity index is 1.81. The van der Waals surface area contributed by atoms with Crippen molar-refractivity contribution in [3.8, 4) is 0 Å². The molecule has 2 aromatic rings. The average Bonchev–Trinajstić information content (AvgIpc) is 2.99. The number of rotatable bonds is 4. The van der Waals surface area contributed by atoms with E-state index in [1.807, 2.05) is 42.5 Å². The van der Waals surface area contributed by atoms with Gasteiger partial charge in [0.15, 0.2) is 0 Å². The highest BCUT2D eigenvalue weighted by Gasteiger charge is 2.25. The van der Waals surface area contributed by atoms with Crippen LogP contribution in [0.5, 0.6) is 0 Å². The standard InChI is InChI=1S/C16H16N2O2/c19-16(20)15-13-9-4-10-14(13)17-18(15)11-5-8-12-6-2-1-3-7-12/h1-3,5-8H,4,9-11H2,(H,19,20)/b8-5+. The predicted molar refractivity (Wildman–Crippen MR) is 76.7 cm³/mol. The van der Waals surface area contributed by atoms with Crippen LogP contribution in [0.25, 0.3) is 6.08 Å². The molecule has 0 aliphatic heterocycles. The normalized spacial score (nSPS) is 13.8. The van der Waals surface area contributed by atoms with Crippen molar-refractivity contribution in [3.05, 3.63) is 58.9 Å². The number of aromatic nitrogens is 2. The van der Waals surface area contributed by atoms with Gasteiger partial charge in [0.2, 0.25) is 0 Å². The molecular weight excluding hydrogens is 252 g/mol. The molecule has 0 atom stereocenters. The number of nitrogens with zero attached hydrogens (tertiary/aromatic N) is 2. The Morgan fingerprint density at radius 1 is 1.30 bits per heavy atom. The number of hydrogen-bond donors (Lipinski definition) is 1. The summed E-state index contributed by atoms with van der Waals surface area (Å²) in [5.74, 6) is -0.881. The van der Waals surface area contributed by atoms with Gasteiger partial charge >= 0.3 is 5.97 Å². The van der Waals surface area contributed by atoms with Crippen LogP contribution in [0.2, 0.25) is 0 Å². The lowest BCUT2D eigenvalue weighted by Gasteiger charge is -2.02. The fourth-order valence-electron chi connectivity index (χ4n) is 2.67. The van der Waals surface area contributed by atoms with Crippen LogP contribution in [0.15, 0.2) is 36.4 Å². The molecular formula is C16H16N2O2. The summed E-state index contributed by atoms with van der Waals surface area (Å²) >= 11 is 0. The fourth-order valence-corrected chi connectivity index (χ4v) is 2.67. The van der Waals surface area contributed by atoms with Gasteiger partial charge in [-0.15, -0.1) is 0 Å². The van der Waals surface area contributed by atoms with E-state index in [1.54, 1.807) is 4.68 Å². The molecule has 4 heteroatoms. The van der Waals surface area contributed by atoms with Crippen molar-refractivity contribution in [1.82, 2.24) is 9.78 Å². The molecule has 1 aromatic heterocycles. The molecule has 1 aliphatic carbocycles. The molecule has 0 bridgehead atoms. The molecule has 0 radical (unpaired) electrons. The van der Waals surface area contributed by atoms with Gasteiger partial charge in [-0.2, -0.15) is 5.10 Å². The second-order valence-corrected chi connectivity index (χ2v) is 4.93. The molecule has 0 amide bonds. The largest absolute Gasteiger partial charge is 0.477 e. The van der Waals surface area contributed by atoms with Gasteiger partial charge in [0.05, 0.1) is 12.2 Å². The van der Waals surface area contributed by atoms with Crippen LogP contribution in [-0.2, 0) is 19.4 Å². The summed E-state index contributed by atoms with van der Waals surface area (Å²) in [6, 6.07) is 9.95. The fraction of sp³-hybridized carbons (Fsp3) is 0.250. The highest BCUT2D eigenvalue weighted by Crippen LogP contribution is 2.24. The van der Waals surface area contributed by atoms with Gasteiger partial charge in [-0.05, 0) is 24.8 Å². The van der Waals surface area contributed by atoms with Crippen molar-refractivity contribution in [2.24, 2.45) is 0 Å². The summed E-state index contributed by atoms with van der Waals surface area (Å²) < 4.78 is 1.60. The molecule has 0 spiro atoms. The van der Waals surface area contributed by atoms with Crippen molar-refractivity contribution in [1.29, 1.82) is 0 Å². The van der Waals surface area contributed by atoms with Gasteiger partial charge in [0.25, 0.3) is 0 Å². The van der Waals surface area contributed by atoms with E-state index >= 15 is 0 Å². The molecule has 1 heterocycles. The number of fused-ring (bicyclic) bond motifs is 1. The topological polar surface area (TPSA) is 55.1 Å². The summed E-state index contributed by atoms with van der Waals surface area (Å²) in [5.41, 5.74) is 3.33. The number of benzene rings is 1. The Morgan fingerprint density at radius 2 is 2.10 bits per heavy atom. The molecule has 3 rings (SSSR count). The highest BCUT2D eigenvalue weighted by atomic mass is 16.4. The SMILES string of the molecule is O=C(O)c1c2c(nn1C/C=C/c1ccccc1)CCC2. The van der Waals surface area contributed by atoms with Crippen molar-refractivity contribution in [2.45, 2.75) is 25.8 Å². The van der Waals surface area contributed by atoms with E-state index in [9.17, 15) is 9.90 Å². The number of allylic oxidation sites excluding steroid dienone is 1. The first kappa shape index (κ1) is 12.7. The second-order valence-electron chi connectivity index (χ2n) is 4.93. The molecule has 1 aromatic carbocycles. The lowest BCUT2D eigenvalue weighted by Crippen LogP contribution is -2.11. The zero-order chi connectivity index (χ0) is 13.9. The number of carbonyl (C=O) groups is 1. The van der Waals surface area contributed by atoms with Crippen LogP contribution < -0.4 is 0 Å². The monoisotopic (exact) mass is 268 g/mol. The first-order chi connectivity index (χ1) is 9.75. The van der Waals surface area contributed by atoms with Gasteiger partial charge in [0, 0.05) is 5.56 Å². The van der Waals surface area contributed by atoms with Gasteiger partial charge in [-0.25, -0.2) is 4.79 Å². The van der Waals surface area contributed by atoms with Crippen LogP contribution in [0.4, 0.5) is 0 Å². The van der Waals surface area contributed by atoms with E-state index in [0.717, 1.165) is 36.1 Å². The zero-order valence-corrected chi connectivity index (χ0v) is 11.1. The summed E-state index contributed by atoms with van der Waals surface area (Å²) in [4.78, 5) is 11.4. The van der Waals surface area contributed by atoms with Crippen LogP contribution in [-0.4, -0.2) is 20.9 Å². The Labute approximate surface area is 117 Å². The molecule has 102 valence electrons. The van der Waals surface area contributed by atoms with Crippen LogP contribution >= 0.6 is 0 Å². The lowest BCUT2D eigenvalue weighted by molar-refractivity contribution is 0.0683. The minimum absolute atomic E-state index is 0.357. The third-order valence-electron chi connectivity index (χ3n) is 3.56. The van der Waals surface area contributed by atoms with Crippen molar-refractivity contribution in [2.75, 3.05) is 0 Å². The van der Waals surface area contributed by atoms with Crippen molar-refractivity contribution < 1.29 is 9.90 Å². The summed E-state index contributed by atoms with van der Waals surface area (Å²) in [7, 11) is 0. The Bertz CT molecular complexity index is 657. The molecule has 0 fully saturated rings. The predicted octanol–water partition coefficient (Wildman–Crippen LogP) is 2.78. The second kappa shape index (κ2) is 5.33. The van der Waals surface area contributed by atoms with E-state index in [1.165, 1.54) is 0 Å². The minimum atomic E-state index is -0.881. The molecule has 0 saturated carbocycles. The van der Waals surface area contributed by atoms with Gasteiger partial charge in [-0.3, -0.25) is 4.68 Å². The molecule has 4 nitrogen and oxygen atoms in total. The number of aromatic carboxylic acids is 1. The Morgan fingerprint density at radius 3 is 2.85 bits per heavy atom. The number of carboxylic acids is 1. The third-order valence-corrected chi connectivity index (χ3v) is 3.56. The van der Waals surface area contributed by atoms with Crippen LogP contribution in [0.3, 0.4) is 0 Å². The number of carboxylic acid groups (broad SMARTS) is 1. The molecule has 1 N–H and O–H groups in total. The Kier molecular flexibility index (Phi) is 3.37. The van der Waals surface area contributed by atoms with Crippen molar-refractivity contribution >= 4 is 12.0 Å². The maximum atomic E-state index is 11.4. The summed E-state index contributed by atoms with van der Waals surface area (Å²) in [6.07, 6.45) is 6.67. The van der Waals surface area contributed by atoms with Crippen LogP contribution in [0.1, 0.15) is 33.7 Å². The highest BCUT2D eigenvalue weighted by molar-refractivity contribution is 5.88. The van der Waals surface area contributed by atoms with Crippen molar-refractivity contribution in [3.63, 3.8) is 0 Å². The number of aryl methyl sites for hydroxylation is 1. The van der Waals surface area contributed by atoms with E-state index in [2.05, 4.69) is 5.10 Å². The molecule has 0 saturated heterocycles. The molecule has 0 unspecified atom stereocenters. The van der Waals surface area contributed by atoms with E-state index in [0.29, 0.717) is 12.2 Å². The minimum Gasteiger partial charge on any atom is -0.477 e. The quantitative estimate of drug-likeness (QED) is 0.927. The van der Waals surface area contributed by atoms with E-state index in [4.69, 9.17) is 0 Å². The average molecular weight is 268 g/mol. The van der Waals surface area contributed by atoms with Gasteiger partial charge in [0.1, 0.15) is 5.69 Å². The van der Waals surface area contributed by atoms with Gasteiger partial charge in [-0.1, -0.05) is 42.5 Å². The molecule has 20 heavy (non-hydrogen) atoms. The number of hydrogen-bond acceptors (Lipinski definition) is 2. The zero-order valence-electron chi connectivity index (χ0n) is 11.1. The van der Waals surface area contributed by atoms with E-state index in [-0.39, 0.29) is 0 Å². The third kappa shape index (κ3) is 2.37. The summed E-state index contributed by atoms with van der Waals surface area (Å²) in [6.45, 7) is 0.490. The van der Waals surface area contributed by atoms with Crippen LogP contribution in [0, 0.1) is 0 Å². The van der Waals surface area contributed by atoms with E-state index < -0.39 is 5.97 Å².